The lowest BCUT2D eigenvalue weighted by Crippen LogP contribution is -2.05. The summed E-state index contributed by atoms with van der Waals surface area (Å²) in [6.45, 7) is 13.0. The van der Waals surface area contributed by atoms with Crippen molar-refractivity contribution >= 4 is 18.2 Å². The molecule has 0 aliphatic rings. The van der Waals surface area contributed by atoms with E-state index in [1.54, 1.807) is 0 Å². The predicted octanol–water partition coefficient (Wildman–Crippen LogP) is 5.79. The number of hydrogen-bond acceptors (Lipinski definition) is 2. The Hall–Kier alpha value is -2.55. The van der Waals surface area contributed by atoms with Gasteiger partial charge in [-0.2, -0.15) is 0 Å². The molecule has 2 rings (SSSR count). The average Bonchev–Trinajstić information content (AvgIpc) is 2.61. The standard InChI is InChI=1S/C23H29NO2/c1-15(2)21-9-7-20(8-10-21)11-16(3)13-26-22-12-17(4)23(24-14-25)19(6)18(22)5/h7-12,14-15H,13H2,1-6H3,(H,24,25)/b16-11+. The summed E-state index contributed by atoms with van der Waals surface area (Å²) in [5, 5.41) is 2.77. The van der Waals surface area contributed by atoms with Crippen LogP contribution in [0.15, 0.2) is 35.9 Å². The normalized spacial score (nSPS) is 11.6. The maximum absolute atomic E-state index is 10.8. The predicted molar refractivity (Wildman–Crippen MR) is 110 cm³/mol. The molecule has 0 spiro atoms. The number of benzene rings is 2. The molecule has 1 amide bonds. The Morgan fingerprint density at radius 2 is 1.77 bits per heavy atom. The summed E-state index contributed by atoms with van der Waals surface area (Å²) in [6, 6.07) is 10.6. The molecule has 3 heteroatoms. The van der Waals surface area contributed by atoms with Crippen molar-refractivity contribution in [2.45, 2.75) is 47.5 Å². The summed E-state index contributed by atoms with van der Waals surface area (Å²) in [7, 11) is 0. The van der Waals surface area contributed by atoms with Gasteiger partial charge in [0.1, 0.15) is 12.4 Å². The molecule has 0 heterocycles. The molecule has 0 unspecified atom stereocenters. The second-order valence-electron chi connectivity index (χ2n) is 7.18. The van der Waals surface area contributed by atoms with Crippen molar-refractivity contribution in [1.82, 2.24) is 0 Å². The summed E-state index contributed by atoms with van der Waals surface area (Å²) in [6.07, 6.45) is 2.87. The largest absolute Gasteiger partial charge is 0.489 e. The van der Waals surface area contributed by atoms with E-state index in [0.717, 1.165) is 33.7 Å². The zero-order valence-corrected chi connectivity index (χ0v) is 16.6. The molecule has 0 bridgehead atoms. The third kappa shape index (κ3) is 4.75. The maximum atomic E-state index is 10.8. The van der Waals surface area contributed by atoms with Crippen LogP contribution in [0, 0.1) is 20.8 Å². The van der Waals surface area contributed by atoms with E-state index >= 15 is 0 Å². The highest BCUT2D eigenvalue weighted by atomic mass is 16.5. The van der Waals surface area contributed by atoms with E-state index in [0.29, 0.717) is 18.9 Å². The molecule has 3 nitrogen and oxygen atoms in total. The molecule has 0 aliphatic carbocycles. The Morgan fingerprint density at radius 3 is 2.35 bits per heavy atom. The van der Waals surface area contributed by atoms with E-state index in [1.807, 2.05) is 26.8 Å². The Balaban J connectivity index is 2.11. The smallest absolute Gasteiger partial charge is 0.211 e. The molecule has 0 saturated carbocycles. The molecular formula is C23H29NO2. The van der Waals surface area contributed by atoms with Gasteiger partial charge in [-0.15, -0.1) is 0 Å². The minimum absolute atomic E-state index is 0.534. The van der Waals surface area contributed by atoms with E-state index in [-0.39, 0.29) is 0 Å². The lowest BCUT2D eigenvalue weighted by Gasteiger charge is -2.17. The minimum Gasteiger partial charge on any atom is -0.489 e. The molecule has 26 heavy (non-hydrogen) atoms. The van der Waals surface area contributed by atoms with Crippen LogP contribution in [0.2, 0.25) is 0 Å². The second kappa shape index (κ2) is 8.70. The fourth-order valence-corrected chi connectivity index (χ4v) is 2.97. The zero-order chi connectivity index (χ0) is 19.3. The summed E-state index contributed by atoms with van der Waals surface area (Å²) in [5.41, 5.74) is 7.65. The highest BCUT2D eigenvalue weighted by Gasteiger charge is 2.11. The first-order valence-electron chi connectivity index (χ1n) is 9.04. The van der Waals surface area contributed by atoms with Crippen molar-refractivity contribution in [3.8, 4) is 5.75 Å². The molecule has 1 N–H and O–H groups in total. The number of hydrogen-bond donors (Lipinski definition) is 1. The van der Waals surface area contributed by atoms with Crippen LogP contribution in [-0.2, 0) is 4.79 Å². The van der Waals surface area contributed by atoms with Crippen molar-refractivity contribution in [2.24, 2.45) is 0 Å². The number of nitrogens with one attached hydrogen (secondary N) is 1. The van der Waals surface area contributed by atoms with Gasteiger partial charge < -0.3 is 10.1 Å². The van der Waals surface area contributed by atoms with Crippen molar-refractivity contribution in [3.63, 3.8) is 0 Å². The Kier molecular flexibility index (Phi) is 6.62. The van der Waals surface area contributed by atoms with Crippen LogP contribution in [-0.4, -0.2) is 13.0 Å². The minimum atomic E-state index is 0.534. The van der Waals surface area contributed by atoms with Gasteiger partial charge in [-0.05, 0) is 73.1 Å². The molecule has 0 aliphatic heterocycles. The van der Waals surface area contributed by atoms with E-state index in [1.165, 1.54) is 11.1 Å². The molecule has 0 atom stereocenters. The number of rotatable bonds is 7. The first kappa shape index (κ1) is 19.8. The van der Waals surface area contributed by atoms with Gasteiger partial charge in [0.05, 0.1) is 0 Å². The quantitative estimate of drug-likeness (QED) is 0.642. The van der Waals surface area contributed by atoms with Crippen LogP contribution in [0.25, 0.3) is 6.08 Å². The number of anilines is 1. The number of aryl methyl sites for hydroxylation is 1. The molecule has 0 radical (unpaired) electrons. The van der Waals surface area contributed by atoms with E-state index in [9.17, 15) is 4.79 Å². The van der Waals surface area contributed by atoms with Crippen molar-refractivity contribution in [3.05, 3.63) is 63.7 Å². The summed E-state index contributed by atoms with van der Waals surface area (Å²) in [4.78, 5) is 10.8. The molecule has 0 saturated heterocycles. The molecule has 2 aromatic rings. The lowest BCUT2D eigenvalue weighted by atomic mass is 10.0. The van der Waals surface area contributed by atoms with Crippen molar-refractivity contribution in [1.29, 1.82) is 0 Å². The monoisotopic (exact) mass is 351 g/mol. The van der Waals surface area contributed by atoms with E-state index < -0.39 is 0 Å². The zero-order valence-electron chi connectivity index (χ0n) is 16.6. The van der Waals surface area contributed by atoms with Gasteiger partial charge in [0.15, 0.2) is 0 Å². The van der Waals surface area contributed by atoms with Gasteiger partial charge >= 0.3 is 0 Å². The first-order chi connectivity index (χ1) is 12.3. The topological polar surface area (TPSA) is 38.3 Å². The van der Waals surface area contributed by atoms with Crippen LogP contribution in [0.5, 0.6) is 5.75 Å². The SMILES string of the molecule is C/C(=C\c1ccc(C(C)C)cc1)COc1cc(C)c(NC=O)c(C)c1C. The fraction of sp³-hybridized carbons (Fsp3) is 0.348. The molecule has 2 aromatic carbocycles. The van der Waals surface area contributed by atoms with Crippen molar-refractivity contribution < 1.29 is 9.53 Å². The Morgan fingerprint density at radius 1 is 1.12 bits per heavy atom. The van der Waals surface area contributed by atoms with Gasteiger partial charge in [0, 0.05) is 5.69 Å². The number of carbonyl (C=O) groups is 1. The van der Waals surface area contributed by atoms with E-state index in [2.05, 4.69) is 56.4 Å². The van der Waals surface area contributed by atoms with Crippen LogP contribution >= 0.6 is 0 Å². The van der Waals surface area contributed by atoms with Crippen LogP contribution < -0.4 is 10.1 Å². The molecule has 0 aromatic heterocycles. The van der Waals surface area contributed by atoms with Crippen LogP contribution in [0.1, 0.15) is 54.5 Å². The number of ether oxygens (including phenoxy) is 1. The summed E-state index contributed by atoms with van der Waals surface area (Å²) < 4.78 is 6.04. The number of carbonyl (C=O) groups excluding carboxylic acids is 1. The Bertz CT molecular complexity index is 802. The third-order valence-corrected chi connectivity index (χ3v) is 4.72. The van der Waals surface area contributed by atoms with Gasteiger partial charge in [-0.3, -0.25) is 4.79 Å². The second-order valence-corrected chi connectivity index (χ2v) is 7.18. The first-order valence-corrected chi connectivity index (χ1v) is 9.04. The summed E-state index contributed by atoms with van der Waals surface area (Å²) in [5.74, 6) is 1.41. The molecule has 0 fully saturated rings. The highest BCUT2D eigenvalue weighted by molar-refractivity contribution is 5.77. The van der Waals surface area contributed by atoms with Gasteiger partial charge in [0.25, 0.3) is 0 Å². The van der Waals surface area contributed by atoms with E-state index in [4.69, 9.17) is 4.74 Å². The van der Waals surface area contributed by atoms with Gasteiger partial charge in [-0.1, -0.05) is 44.2 Å². The number of amides is 1. The van der Waals surface area contributed by atoms with Gasteiger partial charge in [0.2, 0.25) is 6.41 Å². The van der Waals surface area contributed by atoms with Crippen LogP contribution in [0.3, 0.4) is 0 Å². The van der Waals surface area contributed by atoms with Gasteiger partial charge in [-0.25, -0.2) is 0 Å². The highest BCUT2D eigenvalue weighted by Crippen LogP contribution is 2.31. The lowest BCUT2D eigenvalue weighted by molar-refractivity contribution is -0.105. The Labute approximate surface area is 157 Å². The average molecular weight is 351 g/mol. The summed E-state index contributed by atoms with van der Waals surface area (Å²) >= 11 is 0. The molecule has 138 valence electrons. The fourth-order valence-electron chi connectivity index (χ4n) is 2.97. The molecular weight excluding hydrogens is 322 g/mol. The maximum Gasteiger partial charge on any atom is 0.211 e. The van der Waals surface area contributed by atoms with Crippen LogP contribution in [0.4, 0.5) is 5.69 Å². The van der Waals surface area contributed by atoms with Crippen molar-refractivity contribution in [2.75, 3.05) is 11.9 Å². The third-order valence-electron chi connectivity index (χ3n) is 4.72.